The summed E-state index contributed by atoms with van der Waals surface area (Å²) in [5.41, 5.74) is 0.734. The summed E-state index contributed by atoms with van der Waals surface area (Å²) < 4.78 is 56.5. The fourth-order valence-corrected chi connectivity index (χ4v) is 3.19. The molecule has 3 amide bonds. The van der Waals surface area contributed by atoms with Gasteiger partial charge in [0.15, 0.2) is 5.78 Å². The van der Waals surface area contributed by atoms with Gasteiger partial charge in [0.25, 0.3) is 0 Å². The molecule has 0 unspecified atom stereocenters. The van der Waals surface area contributed by atoms with E-state index in [-0.39, 0.29) is 17.8 Å². The van der Waals surface area contributed by atoms with Crippen LogP contribution in [0.2, 0.25) is 0 Å². The van der Waals surface area contributed by atoms with E-state index >= 15 is 0 Å². The van der Waals surface area contributed by atoms with Crippen molar-refractivity contribution in [2.45, 2.75) is 12.7 Å². The van der Waals surface area contributed by atoms with Crippen molar-refractivity contribution in [2.24, 2.45) is 0 Å². The number of amides is 3. The Labute approximate surface area is 186 Å². The third-order valence-electron chi connectivity index (χ3n) is 4.94. The number of Topliss-reactive ketones (excluding diaryl/α,β-unsaturated/α-hetero) is 1. The lowest BCUT2D eigenvalue weighted by molar-refractivity contribution is -0.173. The summed E-state index contributed by atoms with van der Waals surface area (Å²) in [6.45, 7) is 0.657. The molecule has 176 valence electrons. The minimum absolute atomic E-state index is 0.00357. The van der Waals surface area contributed by atoms with Crippen LogP contribution in [0.1, 0.15) is 15.9 Å². The molecule has 0 saturated carbocycles. The molecule has 1 fully saturated rings. The molecule has 0 aromatic heterocycles. The number of ether oxygens (including phenoxy) is 1. The van der Waals surface area contributed by atoms with Crippen molar-refractivity contribution < 1.29 is 36.7 Å². The number of para-hydroxylation sites is 1. The number of urea groups is 1. The summed E-state index contributed by atoms with van der Waals surface area (Å²) in [6.07, 6.45) is -5.08. The summed E-state index contributed by atoms with van der Waals surface area (Å²) in [7, 11) is 0. The van der Waals surface area contributed by atoms with Crippen LogP contribution in [-0.4, -0.2) is 61.6 Å². The first-order valence-electron chi connectivity index (χ1n) is 10.0. The number of nitrogens with zero attached hydrogens (tertiary/aromatic N) is 2. The molecule has 0 bridgehead atoms. The van der Waals surface area contributed by atoms with Gasteiger partial charge in [-0.3, -0.25) is 14.5 Å². The van der Waals surface area contributed by atoms with E-state index in [9.17, 15) is 31.9 Å². The third-order valence-corrected chi connectivity index (χ3v) is 4.94. The number of carbonyl (C=O) groups is 3. The predicted molar refractivity (Wildman–Crippen MR) is 110 cm³/mol. The van der Waals surface area contributed by atoms with E-state index in [0.29, 0.717) is 31.9 Å². The maximum atomic E-state index is 14.5. The third kappa shape index (κ3) is 6.28. The first kappa shape index (κ1) is 24.2. The number of hydrogen-bond donors (Lipinski definition) is 1. The van der Waals surface area contributed by atoms with E-state index in [1.54, 1.807) is 11.0 Å². The smallest absolute Gasteiger partial charge is 0.378 e. The molecular weight excluding hydrogens is 446 g/mol. The molecule has 1 saturated heterocycles. The highest BCUT2D eigenvalue weighted by molar-refractivity contribution is 5.99. The van der Waals surface area contributed by atoms with Crippen LogP contribution in [0, 0.1) is 5.82 Å². The SMILES string of the molecule is O=C(CNC(=O)C(F)(F)F)c1ccc(CN(C(=O)N2CCOCC2)c2ccccc2F)cc1. The summed E-state index contributed by atoms with van der Waals surface area (Å²) in [5, 5.41) is 1.52. The Morgan fingerprint density at radius 2 is 1.64 bits per heavy atom. The topological polar surface area (TPSA) is 79.0 Å². The van der Waals surface area contributed by atoms with Crippen LogP contribution < -0.4 is 10.2 Å². The van der Waals surface area contributed by atoms with Crippen LogP contribution in [0.5, 0.6) is 0 Å². The average molecular weight is 467 g/mol. The summed E-state index contributed by atoms with van der Waals surface area (Å²) in [6, 6.07) is 11.2. The van der Waals surface area contributed by atoms with Crippen molar-refractivity contribution in [3.8, 4) is 0 Å². The van der Waals surface area contributed by atoms with Crippen LogP contribution in [-0.2, 0) is 16.1 Å². The Bertz CT molecular complexity index is 1010. The van der Waals surface area contributed by atoms with Crippen LogP contribution in [0.25, 0.3) is 0 Å². The molecule has 3 rings (SSSR count). The van der Waals surface area contributed by atoms with E-state index in [1.807, 2.05) is 0 Å². The lowest BCUT2D eigenvalue weighted by Gasteiger charge is -2.33. The molecule has 1 heterocycles. The van der Waals surface area contributed by atoms with Gasteiger partial charge in [-0.15, -0.1) is 0 Å². The number of nitrogens with one attached hydrogen (secondary N) is 1. The Kier molecular flexibility index (Phi) is 7.64. The zero-order valence-corrected chi connectivity index (χ0v) is 17.4. The number of alkyl halides is 3. The zero-order valence-electron chi connectivity index (χ0n) is 17.4. The number of benzene rings is 2. The lowest BCUT2D eigenvalue weighted by atomic mass is 10.1. The van der Waals surface area contributed by atoms with E-state index in [1.165, 1.54) is 52.7 Å². The highest BCUT2D eigenvalue weighted by atomic mass is 19.4. The Morgan fingerprint density at radius 3 is 2.24 bits per heavy atom. The van der Waals surface area contributed by atoms with Crippen molar-refractivity contribution in [1.82, 2.24) is 10.2 Å². The van der Waals surface area contributed by atoms with E-state index in [2.05, 4.69) is 0 Å². The largest absolute Gasteiger partial charge is 0.471 e. The van der Waals surface area contributed by atoms with Crippen LogP contribution in [0.4, 0.5) is 28.0 Å². The molecule has 33 heavy (non-hydrogen) atoms. The van der Waals surface area contributed by atoms with Gasteiger partial charge in [-0.1, -0.05) is 36.4 Å². The molecule has 1 aliphatic rings. The molecule has 0 aliphatic carbocycles. The highest BCUT2D eigenvalue weighted by Crippen LogP contribution is 2.23. The molecule has 11 heteroatoms. The van der Waals surface area contributed by atoms with Crippen molar-refractivity contribution in [3.05, 3.63) is 65.5 Å². The van der Waals surface area contributed by atoms with Gasteiger partial charge in [0, 0.05) is 18.7 Å². The number of anilines is 1. The molecule has 0 spiro atoms. The number of ketones is 1. The molecule has 2 aromatic carbocycles. The van der Waals surface area contributed by atoms with Crippen molar-refractivity contribution >= 4 is 23.4 Å². The second-order valence-electron chi connectivity index (χ2n) is 7.22. The molecule has 1 N–H and O–H groups in total. The van der Waals surface area contributed by atoms with Crippen LogP contribution in [0.15, 0.2) is 48.5 Å². The summed E-state index contributed by atoms with van der Waals surface area (Å²) in [4.78, 5) is 38.9. The van der Waals surface area contributed by atoms with Gasteiger partial charge >= 0.3 is 18.1 Å². The predicted octanol–water partition coefficient (Wildman–Crippen LogP) is 3.15. The number of carbonyl (C=O) groups excluding carboxylic acids is 3. The second kappa shape index (κ2) is 10.4. The maximum absolute atomic E-state index is 14.5. The average Bonchev–Trinajstić information content (AvgIpc) is 2.81. The Hall–Kier alpha value is -3.47. The minimum atomic E-state index is -5.08. The van der Waals surface area contributed by atoms with Crippen LogP contribution in [0.3, 0.4) is 0 Å². The quantitative estimate of drug-likeness (QED) is 0.523. The molecule has 7 nitrogen and oxygen atoms in total. The fourth-order valence-electron chi connectivity index (χ4n) is 3.19. The standard InChI is InChI=1S/C22H21F4N3O4/c23-17-3-1-2-4-18(17)29(21(32)28-9-11-33-12-10-28)14-15-5-7-16(8-6-15)19(30)13-27-20(31)22(24,25)26/h1-8H,9-14H2,(H,27,31). The molecule has 0 atom stereocenters. The van der Waals surface area contributed by atoms with Gasteiger partial charge in [-0.05, 0) is 17.7 Å². The van der Waals surface area contributed by atoms with Crippen LogP contribution >= 0.6 is 0 Å². The van der Waals surface area contributed by atoms with Gasteiger partial charge in [0.05, 0.1) is 32.0 Å². The molecular formula is C22H21F4N3O4. The number of rotatable bonds is 6. The normalized spacial score (nSPS) is 14.0. The fraction of sp³-hybridized carbons (Fsp3) is 0.318. The van der Waals surface area contributed by atoms with Gasteiger partial charge in [-0.25, -0.2) is 9.18 Å². The molecule has 1 aliphatic heterocycles. The Morgan fingerprint density at radius 1 is 1.00 bits per heavy atom. The lowest BCUT2D eigenvalue weighted by Crippen LogP contribution is -2.48. The molecule has 0 radical (unpaired) electrons. The summed E-state index contributed by atoms with van der Waals surface area (Å²) in [5.74, 6) is -3.49. The van der Waals surface area contributed by atoms with Crippen molar-refractivity contribution in [3.63, 3.8) is 0 Å². The van der Waals surface area contributed by atoms with Gasteiger partial charge in [0.2, 0.25) is 0 Å². The van der Waals surface area contributed by atoms with Gasteiger partial charge in [0.1, 0.15) is 5.82 Å². The first-order valence-corrected chi connectivity index (χ1v) is 10.0. The van der Waals surface area contributed by atoms with E-state index in [4.69, 9.17) is 4.74 Å². The van der Waals surface area contributed by atoms with Gasteiger partial charge < -0.3 is 15.0 Å². The zero-order chi connectivity index (χ0) is 24.0. The first-order chi connectivity index (χ1) is 15.7. The number of halogens is 4. The second-order valence-corrected chi connectivity index (χ2v) is 7.22. The minimum Gasteiger partial charge on any atom is -0.378 e. The van der Waals surface area contributed by atoms with E-state index in [0.717, 1.165) is 0 Å². The maximum Gasteiger partial charge on any atom is 0.471 e. The van der Waals surface area contributed by atoms with Crippen molar-refractivity contribution in [1.29, 1.82) is 0 Å². The molecule has 2 aromatic rings. The number of morpholine rings is 1. The monoisotopic (exact) mass is 467 g/mol. The number of hydrogen-bond acceptors (Lipinski definition) is 4. The van der Waals surface area contributed by atoms with Crippen molar-refractivity contribution in [2.75, 3.05) is 37.7 Å². The Balaban J connectivity index is 1.73. The van der Waals surface area contributed by atoms with Gasteiger partial charge in [-0.2, -0.15) is 13.2 Å². The highest BCUT2D eigenvalue weighted by Gasteiger charge is 2.38. The summed E-state index contributed by atoms with van der Waals surface area (Å²) >= 11 is 0. The van der Waals surface area contributed by atoms with E-state index < -0.39 is 36.3 Å².